The third-order valence-corrected chi connectivity index (χ3v) is 6.90. The van der Waals surface area contributed by atoms with Crippen LogP contribution >= 0.6 is 0 Å². The fourth-order valence-corrected chi connectivity index (χ4v) is 5.17. The summed E-state index contributed by atoms with van der Waals surface area (Å²) in [5.41, 5.74) is 3.81. The first-order chi connectivity index (χ1) is 16.2. The molecule has 2 aliphatic heterocycles. The quantitative estimate of drug-likeness (QED) is 0.458. The van der Waals surface area contributed by atoms with Crippen LogP contribution < -0.4 is 9.47 Å². The van der Waals surface area contributed by atoms with E-state index in [2.05, 4.69) is 38.8 Å². The molecule has 4 aromatic rings. The highest BCUT2D eigenvalue weighted by Gasteiger charge is 2.28. The van der Waals surface area contributed by atoms with Gasteiger partial charge in [-0.25, -0.2) is 0 Å². The van der Waals surface area contributed by atoms with Crippen LogP contribution in [0.15, 0.2) is 54.7 Å². The van der Waals surface area contributed by atoms with Gasteiger partial charge in [0.15, 0.2) is 11.5 Å². The minimum atomic E-state index is 0.00606. The standard InChI is InChI=1S/C27H26N4O2/c1-18-2-5-23-24(29-18)6-7-26-27(23)33-22(17-32-26)16-30-11-9-21(10-12-30)31-13-8-20-4-3-19(15-28)14-25(20)31/h2-8,13-14,21-22H,9-12,16-17H2,1H3. The summed E-state index contributed by atoms with van der Waals surface area (Å²) >= 11 is 0. The van der Waals surface area contributed by atoms with Crippen LogP contribution in [0, 0.1) is 18.3 Å². The van der Waals surface area contributed by atoms with Gasteiger partial charge in [-0.1, -0.05) is 6.07 Å². The molecule has 1 fully saturated rings. The molecule has 0 spiro atoms. The summed E-state index contributed by atoms with van der Waals surface area (Å²) in [6.45, 7) is 5.46. The van der Waals surface area contributed by atoms with Gasteiger partial charge >= 0.3 is 0 Å². The summed E-state index contributed by atoms with van der Waals surface area (Å²) in [5.74, 6) is 1.62. The number of pyridine rings is 1. The SMILES string of the molecule is Cc1ccc2c3c(ccc2n1)OCC(CN1CCC(n2ccc4ccc(C#N)cc42)CC1)O3. The Hall–Kier alpha value is -3.56. The zero-order valence-electron chi connectivity index (χ0n) is 18.7. The van der Waals surface area contributed by atoms with Crippen LogP contribution in [-0.4, -0.2) is 46.8 Å². The lowest BCUT2D eigenvalue weighted by Crippen LogP contribution is -2.44. The molecular formula is C27H26N4O2. The van der Waals surface area contributed by atoms with Crippen molar-refractivity contribution in [1.29, 1.82) is 5.26 Å². The number of nitriles is 1. The van der Waals surface area contributed by atoms with Crippen molar-refractivity contribution in [2.75, 3.05) is 26.2 Å². The Morgan fingerprint density at radius 2 is 1.97 bits per heavy atom. The molecule has 0 amide bonds. The van der Waals surface area contributed by atoms with E-state index < -0.39 is 0 Å². The van der Waals surface area contributed by atoms with Crippen LogP contribution in [0.3, 0.4) is 0 Å². The molecule has 0 radical (unpaired) electrons. The van der Waals surface area contributed by atoms with Gasteiger partial charge in [-0.05, 0) is 67.6 Å². The highest BCUT2D eigenvalue weighted by Crippen LogP contribution is 2.38. The zero-order chi connectivity index (χ0) is 22.4. The van der Waals surface area contributed by atoms with Crippen LogP contribution in [0.25, 0.3) is 21.8 Å². The molecule has 0 saturated carbocycles. The van der Waals surface area contributed by atoms with Crippen molar-refractivity contribution in [3.05, 3.63) is 66.0 Å². The molecule has 2 aliphatic rings. The smallest absolute Gasteiger partial charge is 0.171 e. The normalized spacial score (nSPS) is 19.1. The van der Waals surface area contributed by atoms with Crippen molar-refractivity contribution in [1.82, 2.24) is 14.5 Å². The zero-order valence-corrected chi connectivity index (χ0v) is 18.7. The van der Waals surface area contributed by atoms with E-state index in [1.165, 1.54) is 5.39 Å². The lowest BCUT2D eigenvalue weighted by Gasteiger charge is -2.36. The molecule has 6 rings (SSSR count). The number of nitrogens with zero attached hydrogens (tertiary/aromatic N) is 4. The van der Waals surface area contributed by atoms with Crippen molar-refractivity contribution >= 4 is 21.8 Å². The highest BCUT2D eigenvalue weighted by molar-refractivity contribution is 5.88. The summed E-state index contributed by atoms with van der Waals surface area (Å²) in [4.78, 5) is 7.11. The molecule has 2 aromatic carbocycles. The Morgan fingerprint density at radius 1 is 1.09 bits per heavy atom. The van der Waals surface area contributed by atoms with Gasteiger partial charge in [-0.2, -0.15) is 5.26 Å². The molecule has 1 atom stereocenters. The molecule has 166 valence electrons. The van der Waals surface area contributed by atoms with Gasteiger partial charge in [0.2, 0.25) is 0 Å². The topological polar surface area (TPSA) is 63.3 Å². The van der Waals surface area contributed by atoms with Gasteiger partial charge in [-0.15, -0.1) is 0 Å². The van der Waals surface area contributed by atoms with Gasteiger partial charge in [0, 0.05) is 48.5 Å². The number of hydrogen-bond donors (Lipinski definition) is 0. The summed E-state index contributed by atoms with van der Waals surface area (Å²) in [5, 5.41) is 11.5. The summed E-state index contributed by atoms with van der Waals surface area (Å²) < 4.78 is 14.8. The average Bonchev–Trinajstić information content (AvgIpc) is 3.27. The number of fused-ring (bicyclic) bond motifs is 4. The molecule has 4 heterocycles. The fraction of sp³-hybridized carbons (Fsp3) is 0.333. The van der Waals surface area contributed by atoms with Crippen LogP contribution in [0.2, 0.25) is 0 Å². The lowest BCUT2D eigenvalue weighted by atomic mass is 10.0. The first kappa shape index (κ1) is 20.1. The summed E-state index contributed by atoms with van der Waals surface area (Å²) in [6, 6.07) is 18.9. The highest BCUT2D eigenvalue weighted by atomic mass is 16.6. The fourth-order valence-electron chi connectivity index (χ4n) is 5.17. The molecule has 0 N–H and O–H groups in total. The third kappa shape index (κ3) is 3.69. The molecule has 33 heavy (non-hydrogen) atoms. The summed E-state index contributed by atoms with van der Waals surface area (Å²) in [7, 11) is 0. The number of piperidine rings is 1. The second kappa shape index (κ2) is 8.09. The van der Waals surface area contributed by atoms with Crippen molar-refractivity contribution in [3.8, 4) is 17.6 Å². The Morgan fingerprint density at radius 3 is 2.82 bits per heavy atom. The second-order valence-corrected chi connectivity index (χ2v) is 9.10. The van der Waals surface area contributed by atoms with Gasteiger partial charge < -0.3 is 14.0 Å². The van der Waals surface area contributed by atoms with Crippen molar-refractivity contribution < 1.29 is 9.47 Å². The Bertz CT molecular complexity index is 1380. The van der Waals surface area contributed by atoms with Crippen LogP contribution in [0.5, 0.6) is 11.5 Å². The minimum Gasteiger partial charge on any atom is -0.486 e. The first-order valence-electron chi connectivity index (χ1n) is 11.6. The van der Waals surface area contributed by atoms with Gasteiger partial charge in [0.1, 0.15) is 12.7 Å². The van der Waals surface area contributed by atoms with E-state index in [-0.39, 0.29) is 6.10 Å². The van der Waals surface area contributed by atoms with E-state index in [0.717, 1.165) is 66.1 Å². The Labute approximate surface area is 193 Å². The average molecular weight is 439 g/mol. The van der Waals surface area contributed by atoms with E-state index in [0.29, 0.717) is 18.2 Å². The Kier molecular flexibility index (Phi) is 4.92. The molecule has 6 nitrogen and oxygen atoms in total. The number of hydrogen-bond acceptors (Lipinski definition) is 5. The van der Waals surface area contributed by atoms with E-state index in [9.17, 15) is 5.26 Å². The molecule has 1 unspecified atom stereocenters. The molecule has 2 aromatic heterocycles. The Balaban J connectivity index is 1.13. The summed E-state index contributed by atoms with van der Waals surface area (Å²) in [6.07, 6.45) is 4.34. The number of likely N-dealkylation sites (tertiary alicyclic amines) is 1. The van der Waals surface area contributed by atoms with E-state index in [1.807, 2.05) is 43.3 Å². The minimum absolute atomic E-state index is 0.00606. The van der Waals surface area contributed by atoms with Gasteiger partial charge in [0.05, 0.1) is 17.1 Å². The van der Waals surface area contributed by atoms with Crippen LogP contribution in [0.4, 0.5) is 0 Å². The predicted octanol–water partition coefficient (Wildman–Crippen LogP) is 4.85. The van der Waals surface area contributed by atoms with E-state index >= 15 is 0 Å². The van der Waals surface area contributed by atoms with E-state index in [4.69, 9.17) is 9.47 Å². The third-order valence-electron chi connectivity index (χ3n) is 6.90. The van der Waals surface area contributed by atoms with Crippen LogP contribution in [0.1, 0.15) is 30.1 Å². The maximum absolute atomic E-state index is 9.27. The van der Waals surface area contributed by atoms with Crippen LogP contribution in [-0.2, 0) is 0 Å². The number of rotatable bonds is 3. The monoisotopic (exact) mass is 438 g/mol. The lowest BCUT2D eigenvalue weighted by molar-refractivity contribution is 0.0501. The number of ether oxygens (including phenoxy) is 2. The van der Waals surface area contributed by atoms with Crippen molar-refractivity contribution in [2.45, 2.75) is 31.9 Å². The molecule has 1 saturated heterocycles. The number of aromatic nitrogens is 2. The second-order valence-electron chi connectivity index (χ2n) is 9.10. The number of aryl methyl sites for hydroxylation is 1. The largest absolute Gasteiger partial charge is 0.486 e. The van der Waals surface area contributed by atoms with Gasteiger partial charge in [-0.3, -0.25) is 9.88 Å². The van der Waals surface area contributed by atoms with Crippen molar-refractivity contribution in [2.24, 2.45) is 0 Å². The number of benzene rings is 2. The van der Waals surface area contributed by atoms with Gasteiger partial charge in [0.25, 0.3) is 0 Å². The molecular weight excluding hydrogens is 412 g/mol. The maximum Gasteiger partial charge on any atom is 0.171 e. The molecule has 0 bridgehead atoms. The van der Waals surface area contributed by atoms with Crippen molar-refractivity contribution in [3.63, 3.8) is 0 Å². The van der Waals surface area contributed by atoms with E-state index in [1.54, 1.807) is 0 Å². The maximum atomic E-state index is 9.27. The molecule has 0 aliphatic carbocycles. The first-order valence-corrected chi connectivity index (χ1v) is 11.6. The predicted molar refractivity (Wildman–Crippen MR) is 128 cm³/mol. The molecule has 6 heteroatoms.